The van der Waals surface area contributed by atoms with Gasteiger partial charge in [0.1, 0.15) is 23.2 Å². The van der Waals surface area contributed by atoms with Gasteiger partial charge in [0.2, 0.25) is 17.7 Å². The molecule has 0 spiro atoms. The smallest absolute Gasteiger partial charge is 0.306 e. The lowest BCUT2D eigenvalue weighted by atomic mass is 9.80. The minimum Gasteiger partial charge on any atom is -0.497 e. The Morgan fingerprint density at radius 1 is 0.609 bits per heavy atom. The van der Waals surface area contributed by atoms with Gasteiger partial charge in [0.25, 0.3) is 0 Å². The van der Waals surface area contributed by atoms with Crippen LogP contribution in [0, 0.1) is 0 Å². The van der Waals surface area contributed by atoms with E-state index in [0.717, 1.165) is 42.4 Å². The average Bonchev–Trinajstić information content (AvgIpc) is 3.73. The second kappa shape index (κ2) is 29.5. The van der Waals surface area contributed by atoms with Gasteiger partial charge in [-0.15, -0.1) is 0 Å². The number of hydrogen-bond donors (Lipinski definition) is 2. The van der Waals surface area contributed by atoms with Gasteiger partial charge in [0, 0.05) is 39.3 Å². The number of benzene rings is 3. The largest absolute Gasteiger partial charge is 0.497 e. The van der Waals surface area contributed by atoms with Crippen LogP contribution in [0.15, 0.2) is 78.9 Å². The molecule has 1 heterocycles. The fraction of sp³-hybridized carbons (Fsp3) is 0.585. The maximum absolute atomic E-state index is 14.0. The van der Waals surface area contributed by atoms with Gasteiger partial charge >= 0.3 is 5.97 Å². The Labute approximate surface area is 383 Å². The van der Waals surface area contributed by atoms with Crippen molar-refractivity contribution in [1.82, 2.24) is 15.5 Å². The molecule has 2 atom stereocenters. The number of hydrogen-bond acceptors (Lipinski definition) is 8. The van der Waals surface area contributed by atoms with Crippen LogP contribution in [0.2, 0.25) is 0 Å². The molecule has 1 saturated heterocycles. The second-order valence-corrected chi connectivity index (χ2v) is 17.2. The summed E-state index contributed by atoms with van der Waals surface area (Å²) in [5.41, 5.74) is 1.55. The molecule has 0 aromatic heterocycles. The van der Waals surface area contributed by atoms with Crippen molar-refractivity contribution < 1.29 is 38.1 Å². The topological polar surface area (TPSA) is 132 Å². The van der Waals surface area contributed by atoms with Crippen molar-refractivity contribution in [2.75, 3.05) is 41.0 Å². The lowest BCUT2D eigenvalue weighted by Crippen LogP contribution is -2.42. The Hall–Kier alpha value is -4.90. The molecular formula is C53H77N3O8. The van der Waals surface area contributed by atoms with Gasteiger partial charge in [0.05, 0.1) is 39.8 Å². The number of unbranched alkanes of at least 4 members (excludes halogenated alkanes) is 14. The van der Waals surface area contributed by atoms with E-state index in [2.05, 4.69) is 17.6 Å². The molecule has 3 aromatic carbocycles. The van der Waals surface area contributed by atoms with E-state index in [-0.39, 0.29) is 43.7 Å². The number of carbonyl (C=O) groups is 4. The third-order valence-corrected chi connectivity index (χ3v) is 12.4. The van der Waals surface area contributed by atoms with E-state index in [0.29, 0.717) is 43.7 Å². The van der Waals surface area contributed by atoms with Crippen LogP contribution in [0.25, 0.3) is 0 Å². The van der Waals surface area contributed by atoms with Crippen molar-refractivity contribution in [3.63, 3.8) is 0 Å². The Morgan fingerprint density at radius 3 is 1.67 bits per heavy atom. The van der Waals surface area contributed by atoms with E-state index in [1.54, 1.807) is 19.1 Å². The van der Waals surface area contributed by atoms with E-state index in [4.69, 9.17) is 18.9 Å². The Morgan fingerprint density at radius 2 is 1.12 bits per heavy atom. The molecular weight excluding hydrogens is 807 g/mol. The summed E-state index contributed by atoms with van der Waals surface area (Å²) in [4.78, 5) is 53.1. The van der Waals surface area contributed by atoms with Crippen LogP contribution >= 0.6 is 0 Å². The van der Waals surface area contributed by atoms with Crippen molar-refractivity contribution >= 4 is 23.7 Å². The summed E-state index contributed by atoms with van der Waals surface area (Å²) in [5.74, 6) is 0.765. The molecule has 0 unspecified atom stereocenters. The predicted molar refractivity (Wildman–Crippen MR) is 253 cm³/mol. The molecule has 1 aliphatic rings. The summed E-state index contributed by atoms with van der Waals surface area (Å²) >= 11 is 0. The van der Waals surface area contributed by atoms with Crippen LogP contribution in [0.4, 0.5) is 0 Å². The summed E-state index contributed by atoms with van der Waals surface area (Å²) in [6.07, 6.45) is 19.6. The molecule has 3 amide bonds. The molecule has 11 nitrogen and oxygen atoms in total. The van der Waals surface area contributed by atoms with E-state index >= 15 is 0 Å². The highest BCUT2D eigenvalue weighted by Crippen LogP contribution is 2.42. The Kier molecular flexibility index (Phi) is 23.9. The Bertz CT molecular complexity index is 1740. The highest BCUT2D eigenvalue weighted by atomic mass is 16.5. The van der Waals surface area contributed by atoms with E-state index in [9.17, 15) is 19.2 Å². The first kappa shape index (κ1) is 51.7. The van der Waals surface area contributed by atoms with Gasteiger partial charge < -0.3 is 34.5 Å². The molecule has 3 aromatic rings. The van der Waals surface area contributed by atoms with Gasteiger partial charge in [0.15, 0.2) is 0 Å². The minimum atomic E-state index is -1.09. The summed E-state index contributed by atoms with van der Waals surface area (Å²) in [6.45, 7) is 3.24. The Balaban J connectivity index is 1.33. The number of amides is 3. The van der Waals surface area contributed by atoms with Crippen molar-refractivity contribution in [2.45, 2.75) is 160 Å². The van der Waals surface area contributed by atoms with Gasteiger partial charge in [-0.25, -0.2) is 0 Å². The normalized spacial score (nSPS) is 14.8. The second-order valence-electron chi connectivity index (χ2n) is 17.2. The lowest BCUT2D eigenvalue weighted by molar-refractivity contribution is -0.150. The zero-order valence-corrected chi connectivity index (χ0v) is 39.3. The van der Waals surface area contributed by atoms with Gasteiger partial charge in [-0.05, 0) is 60.2 Å². The lowest BCUT2D eigenvalue weighted by Gasteiger charge is -2.38. The highest BCUT2D eigenvalue weighted by Gasteiger charge is 2.42. The number of esters is 1. The first-order valence-electron chi connectivity index (χ1n) is 24.2. The molecule has 1 fully saturated rings. The first-order chi connectivity index (χ1) is 31.2. The minimum absolute atomic E-state index is 0.0282. The molecule has 2 N–H and O–H groups in total. The summed E-state index contributed by atoms with van der Waals surface area (Å²) < 4.78 is 24.1. The monoisotopic (exact) mass is 884 g/mol. The van der Waals surface area contributed by atoms with E-state index < -0.39 is 23.7 Å². The van der Waals surface area contributed by atoms with E-state index in [1.165, 1.54) is 77.7 Å². The number of nitrogens with zero attached hydrogens (tertiary/aromatic N) is 1. The molecule has 4 rings (SSSR count). The number of nitrogens with one attached hydrogen (secondary N) is 2. The predicted octanol–water partition coefficient (Wildman–Crippen LogP) is 10.2. The maximum atomic E-state index is 14.0. The average molecular weight is 884 g/mol. The number of likely N-dealkylation sites (tertiary alicyclic amines) is 1. The first-order valence-corrected chi connectivity index (χ1v) is 24.2. The van der Waals surface area contributed by atoms with Gasteiger partial charge in [-0.2, -0.15) is 0 Å². The molecule has 0 aliphatic carbocycles. The van der Waals surface area contributed by atoms with Crippen LogP contribution in [-0.4, -0.2) is 81.7 Å². The standard InChI is InChI=1S/C53H77N3O8/c1-5-6-7-8-9-10-11-12-13-14-15-16-21-26-50(58)55-38-23-18-22-27-51(59)56-40-48(64-52(60)37-36-49(57)54-2)39-45(56)41-63-53(42-24-19-17-20-25-42,43-28-32-46(61-3)33-29-43)44-30-34-47(62-4)35-31-44/h17,19-20,24-25,28-35,45,48H,5-16,18,21-23,26-27,36-41H2,1-4H3,(H,54,57)(H,55,58)/t45-,48+/m0/s1. The van der Waals surface area contributed by atoms with Gasteiger partial charge in [-0.1, -0.05) is 145 Å². The SMILES string of the molecule is CCCCCCCCCCCCCCCC(=O)NCCCCCC(=O)N1C[C@H](OC(=O)CCC(=O)NC)C[C@H]1COC(c1ccccc1)(c1ccc(OC)cc1)c1ccc(OC)cc1. The molecule has 352 valence electrons. The van der Waals surface area contributed by atoms with Crippen LogP contribution < -0.4 is 20.1 Å². The number of methoxy groups -OCH3 is 2. The third kappa shape index (κ3) is 17.2. The zero-order chi connectivity index (χ0) is 45.8. The molecule has 1 aliphatic heterocycles. The highest BCUT2D eigenvalue weighted by molar-refractivity contribution is 5.81. The maximum Gasteiger partial charge on any atom is 0.306 e. The summed E-state index contributed by atoms with van der Waals surface area (Å²) in [5, 5.41) is 5.61. The van der Waals surface area contributed by atoms with Crippen LogP contribution in [0.5, 0.6) is 11.5 Å². The molecule has 0 bridgehead atoms. The molecule has 11 heteroatoms. The molecule has 0 saturated carbocycles. The number of ether oxygens (including phenoxy) is 4. The van der Waals surface area contributed by atoms with Gasteiger partial charge in [-0.3, -0.25) is 19.2 Å². The van der Waals surface area contributed by atoms with Crippen molar-refractivity contribution in [2.24, 2.45) is 0 Å². The fourth-order valence-corrected chi connectivity index (χ4v) is 8.64. The fourth-order valence-electron chi connectivity index (χ4n) is 8.64. The van der Waals surface area contributed by atoms with Crippen molar-refractivity contribution in [3.05, 3.63) is 95.6 Å². The number of rotatable bonds is 32. The molecule has 64 heavy (non-hydrogen) atoms. The van der Waals surface area contributed by atoms with E-state index in [1.807, 2.05) is 78.9 Å². The van der Waals surface area contributed by atoms with Crippen molar-refractivity contribution in [3.8, 4) is 11.5 Å². The van der Waals surface area contributed by atoms with Crippen molar-refractivity contribution in [1.29, 1.82) is 0 Å². The number of carbonyl (C=O) groups excluding carboxylic acids is 4. The van der Waals surface area contributed by atoms with Crippen LogP contribution in [0.3, 0.4) is 0 Å². The van der Waals surface area contributed by atoms with Crippen LogP contribution in [-0.2, 0) is 34.3 Å². The zero-order valence-electron chi connectivity index (χ0n) is 39.3. The quantitative estimate of drug-likeness (QED) is 0.0360. The summed E-state index contributed by atoms with van der Waals surface area (Å²) in [7, 11) is 4.79. The summed E-state index contributed by atoms with van der Waals surface area (Å²) in [6, 6.07) is 25.2. The third-order valence-electron chi connectivity index (χ3n) is 12.4. The van der Waals surface area contributed by atoms with Crippen LogP contribution in [0.1, 0.15) is 158 Å². The molecule has 0 radical (unpaired) electrons.